The molecule has 1 fully saturated rings. The lowest BCUT2D eigenvalue weighted by atomic mass is 10.1. The molecule has 0 radical (unpaired) electrons. The van der Waals surface area contributed by atoms with E-state index < -0.39 is 0 Å². The number of Topliss-reactive ketones (excluding diaryl/α,β-unsaturated/α-hetero) is 1. The lowest BCUT2D eigenvalue weighted by molar-refractivity contribution is -0.117. The summed E-state index contributed by atoms with van der Waals surface area (Å²) in [5, 5.41) is 0.776. The van der Waals surface area contributed by atoms with E-state index in [-0.39, 0.29) is 5.25 Å². The van der Waals surface area contributed by atoms with E-state index in [1.54, 1.807) is 0 Å². The quantitative estimate of drug-likeness (QED) is 0.778. The second-order valence-electron chi connectivity index (χ2n) is 4.10. The van der Waals surface area contributed by atoms with Crippen molar-refractivity contribution in [3.63, 3.8) is 0 Å². The van der Waals surface area contributed by atoms with Crippen molar-refractivity contribution >= 4 is 17.5 Å². The van der Waals surface area contributed by atoms with Crippen molar-refractivity contribution in [1.82, 2.24) is 0 Å². The van der Waals surface area contributed by atoms with Gasteiger partial charge in [-0.25, -0.2) is 0 Å². The van der Waals surface area contributed by atoms with Gasteiger partial charge in [0.2, 0.25) is 0 Å². The number of carbonyl (C=O) groups is 1. The van der Waals surface area contributed by atoms with Crippen molar-refractivity contribution < 1.29 is 4.79 Å². The lowest BCUT2D eigenvalue weighted by Crippen LogP contribution is -2.04. The molecule has 1 aliphatic heterocycles. The molecule has 1 aromatic carbocycles. The Bertz CT molecular complexity index is 334. The van der Waals surface area contributed by atoms with E-state index in [9.17, 15) is 4.79 Å². The first-order valence-corrected chi connectivity index (χ1v) is 6.42. The number of aryl methyl sites for hydroxylation is 1. The number of benzene rings is 1. The van der Waals surface area contributed by atoms with Crippen LogP contribution < -0.4 is 0 Å². The topological polar surface area (TPSA) is 17.1 Å². The van der Waals surface area contributed by atoms with Crippen molar-refractivity contribution in [3.8, 4) is 0 Å². The third kappa shape index (κ3) is 2.85. The zero-order valence-electron chi connectivity index (χ0n) is 8.98. The highest BCUT2D eigenvalue weighted by molar-refractivity contribution is 8.01. The van der Waals surface area contributed by atoms with Crippen molar-refractivity contribution in [2.45, 2.75) is 36.7 Å². The number of rotatable bonds is 3. The van der Waals surface area contributed by atoms with Gasteiger partial charge in [-0.15, -0.1) is 11.8 Å². The molecule has 1 saturated heterocycles. The van der Waals surface area contributed by atoms with Crippen LogP contribution in [0.2, 0.25) is 0 Å². The van der Waals surface area contributed by atoms with E-state index in [1.165, 1.54) is 5.56 Å². The summed E-state index contributed by atoms with van der Waals surface area (Å²) in [6, 6.07) is 10.5. The minimum Gasteiger partial charge on any atom is -0.298 e. The van der Waals surface area contributed by atoms with Gasteiger partial charge in [0.05, 0.1) is 5.25 Å². The summed E-state index contributed by atoms with van der Waals surface area (Å²) in [6.07, 6.45) is 3.00. The Morgan fingerprint density at radius 1 is 1.33 bits per heavy atom. The number of hydrogen-bond acceptors (Lipinski definition) is 2. The Labute approximate surface area is 95.3 Å². The molecule has 0 aromatic heterocycles. The highest BCUT2D eigenvalue weighted by Crippen LogP contribution is 2.33. The van der Waals surface area contributed by atoms with E-state index >= 15 is 0 Å². The minimum atomic E-state index is 0.228. The first-order chi connectivity index (χ1) is 7.25. The summed E-state index contributed by atoms with van der Waals surface area (Å²) < 4.78 is 0. The summed E-state index contributed by atoms with van der Waals surface area (Å²) in [7, 11) is 0. The maximum Gasteiger partial charge on any atom is 0.146 e. The van der Waals surface area contributed by atoms with Gasteiger partial charge in [0, 0.05) is 11.7 Å². The summed E-state index contributed by atoms with van der Waals surface area (Å²) in [5.41, 5.74) is 1.38. The number of thioether (sulfide) groups is 1. The average molecular weight is 220 g/mol. The molecule has 2 heteroatoms. The predicted octanol–water partition coefficient (Wildman–Crippen LogP) is 3.08. The normalized spacial score (nSPS) is 25.8. The molecule has 0 aliphatic carbocycles. The maximum absolute atomic E-state index is 11.4. The molecule has 0 N–H and O–H groups in total. The first-order valence-electron chi connectivity index (χ1n) is 5.48. The van der Waals surface area contributed by atoms with Gasteiger partial charge in [-0.2, -0.15) is 0 Å². The molecule has 0 spiro atoms. The molecule has 1 nitrogen and oxygen atoms in total. The molecule has 80 valence electrons. The molecular formula is C13H16OS. The van der Waals surface area contributed by atoms with Crippen molar-refractivity contribution in [3.05, 3.63) is 35.9 Å². The van der Waals surface area contributed by atoms with E-state index in [1.807, 2.05) is 24.8 Å². The van der Waals surface area contributed by atoms with Gasteiger partial charge in [-0.1, -0.05) is 30.3 Å². The molecule has 1 heterocycles. The fraction of sp³-hybridized carbons (Fsp3) is 0.462. The fourth-order valence-electron chi connectivity index (χ4n) is 1.95. The van der Waals surface area contributed by atoms with E-state index in [0.717, 1.165) is 19.3 Å². The number of ketones is 1. The summed E-state index contributed by atoms with van der Waals surface area (Å²) in [4.78, 5) is 11.4. The predicted molar refractivity (Wildman–Crippen MR) is 65.2 cm³/mol. The van der Waals surface area contributed by atoms with Crippen LogP contribution in [0.5, 0.6) is 0 Å². The smallest absolute Gasteiger partial charge is 0.146 e. The third-order valence-corrected chi connectivity index (χ3v) is 4.34. The van der Waals surface area contributed by atoms with Crippen LogP contribution >= 0.6 is 11.8 Å². The largest absolute Gasteiger partial charge is 0.298 e. The van der Waals surface area contributed by atoms with Gasteiger partial charge < -0.3 is 0 Å². The van der Waals surface area contributed by atoms with Gasteiger partial charge in [0.1, 0.15) is 5.78 Å². The van der Waals surface area contributed by atoms with Crippen molar-refractivity contribution in [2.24, 2.45) is 0 Å². The van der Waals surface area contributed by atoms with Crippen LogP contribution in [0, 0.1) is 0 Å². The number of hydrogen-bond donors (Lipinski definition) is 0. The van der Waals surface area contributed by atoms with E-state index in [4.69, 9.17) is 0 Å². The second kappa shape index (κ2) is 4.84. The summed E-state index contributed by atoms with van der Waals surface area (Å²) in [5.74, 6) is 0.429. The minimum absolute atomic E-state index is 0.228. The third-order valence-electron chi connectivity index (χ3n) is 2.88. The van der Waals surface area contributed by atoms with E-state index in [0.29, 0.717) is 11.0 Å². The van der Waals surface area contributed by atoms with Gasteiger partial charge in [-0.3, -0.25) is 4.79 Å². The molecule has 0 amide bonds. The van der Waals surface area contributed by atoms with Crippen LogP contribution in [-0.2, 0) is 11.2 Å². The molecule has 2 unspecified atom stereocenters. The van der Waals surface area contributed by atoms with Crippen molar-refractivity contribution in [2.75, 3.05) is 0 Å². The molecule has 2 rings (SSSR count). The summed E-state index contributed by atoms with van der Waals surface area (Å²) >= 11 is 1.84. The molecule has 1 aromatic rings. The highest BCUT2D eigenvalue weighted by Gasteiger charge is 2.29. The monoisotopic (exact) mass is 220 g/mol. The molecule has 0 saturated carbocycles. The standard InChI is InChI=1S/C13H16OS/c1-10-13(14)9-12(15-10)8-7-11-5-3-2-4-6-11/h2-6,10,12H,7-9H2,1H3. The Morgan fingerprint density at radius 3 is 2.67 bits per heavy atom. The fourth-order valence-corrected chi connectivity index (χ4v) is 3.29. The van der Waals surface area contributed by atoms with Crippen LogP contribution in [0.3, 0.4) is 0 Å². The van der Waals surface area contributed by atoms with Gasteiger partial charge in [0.15, 0.2) is 0 Å². The van der Waals surface area contributed by atoms with Crippen LogP contribution in [-0.4, -0.2) is 16.3 Å². The van der Waals surface area contributed by atoms with E-state index in [2.05, 4.69) is 24.3 Å². The maximum atomic E-state index is 11.4. The number of carbonyl (C=O) groups excluding carboxylic acids is 1. The zero-order valence-corrected chi connectivity index (χ0v) is 9.80. The molecule has 0 bridgehead atoms. The Hall–Kier alpha value is -0.760. The molecule has 2 atom stereocenters. The Balaban J connectivity index is 1.82. The lowest BCUT2D eigenvalue weighted by Gasteiger charge is -2.07. The first kappa shape index (κ1) is 10.7. The van der Waals surface area contributed by atoms with Gasteiger partial charge >= 0.3 is 0 Å². The Kier molecular flexibility index (Phi) is 3.47. The summed E-state index contributed by atoms with van der Waals surface area (Å²) in [6.45, 7) is 2.02. The second-order valence-corrected chi connectivity index (χ2v) is 5.74. The average Bonchev–Trinajstić information content (AvgIpc) is 2.57. The SMILES string of the molecule is CC1SC(CCc2ccccc2)CC1=O. The Morgan fingerprint density at radius 2 is 2.07 bits per heavy atom. The van der Waals surface area contributed by atoms with Gasteiger partial charge in [0.25, 0.3) is 0 Å². The van der Waals surface area contributed by atoms with Crippen LogP contribution in [0.25, 0.3) is 0 Å². The van der Waals surface area contributed by atoms with Crippen molar-refractivity contribution in [1.29, 1.82) is 0 Å². The van der Waals surface area contributed by atoms with Crippen LogP contribution in [0.15, 0.2) is 30.3 Å². The molecule has 15 heavy (non-hydrogen) atoms. The molecule has 1 aliphatic rings. The van der Waals surface area contributed by atoms with Crippen LogP contribution in [0.4, 0.5) is 0 Å². The molecular weight excluding hydrogens is 204 g/mol. The zero-order chi connectivity index (χ0) is 10.7. The van der Waals surface area contributed by atoms with Crippen LogP contribution in [0.1, 0.15) is 25.3 Å². The highest BCUT2D eigenvalue weighted by atomic mass is 32.2. The van der Waals surface area contributed by atoms with Gasteiger partial charge in [-0.05, 0) is 25.3 Å².